The highest BCUT2D eigenvalue weighted by Gasteiger charge is 2.44. The van der Waals surface area contributed by atoms with Gasteiger partial charge in [0.05, 0.1) is 17.0 Å². The summed E-state index contributed by atoms with van der Waals surface area (Å²) in [5.41, 5.74) is 1.43. The monoisotopic (exact) mass is 283 g/mol. The van der Waals surface area contributed by atoms with Crippen molar-refractivity contribution in [2.45, 2.75) is 32.2 Å². The number of nitrogens with zero attached hydrogens (tertiary/aromatic N) is 2. The molecule has 2 heterocycles. The topological polar surface area (TPSA) is 56.1 Å². The molecule has 1 atom stereocenters. The summed E-state index contributed by atoms with van der Waals surface area (Å²) in [5.74, 6) is 0.272. The maximum atomic E-state index is 12.9. The van der Waals surface area contributed by atoms with Crippen molar-refractivity contribution in [3.63, 3.8) is 0 Å². The molecule has 0 aromatic heterocycles. The van der Waals surface area contributed by atoms with E-state index < -0.39 is 0 Å². The maximum absolute atomic E-state index is 12.9. The summed E-state index contributed by atoms with van der Waals surface area (Å²) in [5, 5.41) is 12.6. The van der Waals surface area contributed by atoms with Crippen LogP contribution in [0, 0.1) is 16.7 Å². The van der Waals surface area contributed by atoms with E-state index in [1.54, 1.807) is 0 Å². The summed E-state index contributed by atoms with van der Waals surface area (Å²) in [6.45, 7) is 3.19. The van der Waals surface area contributed by atoms with Crippen molar-refractivity contribution in [3.8, 4) is 6.07 Å². The zero-order valence-electron chi connectivity index (χ0n) is 12.3. The highest BCUT2D eigenvalue weighted by atomic mass is 16.2. The Balaban J connectivity index is 1.79. The van der Waals surface area contributed by atoms with E-state index in [1.165, 1.54) is 0 Å². The molecule has 4 nitrogen and oxygen atoms in total. The third-order valence-electron chi connectivity index (χ3n) is 4.80. The van der Waals surface area contributed by atoms with E-state index in [9.17, 15) is 10.1 Å². The van der Waals surface area contributed by atoms with Crippen LogP contribution in [0.1, 0.15) is 36.8 Å². The van der Waals surface area contributed by atoms with E-state index in [4.69, 9.17) is 0 Å². The van der Waals surface area contributed by atoms with Crippen LogP contribution in [-0.2, 0) is 11.3 Å². The Bertz CT molecular complexity index is 564. The number of likely N-dealkylation sites (tertiary alicyclic amines) is 1. The quantitative estimate of drug-likeness (QED) is 0.903. The Morgan fingerprint density at radius 2 is 2.10 bits per heavy atom. The van der Waals surface area contributed by atoms with Crippen LogP contribution in [0.2, 0.25) is 0 Å². The van der Waals surface area contributed by atoms with Gasteiger partial charge in [0.25, 0.3) is 0 Å². The molecule has 2 aliphatic rings. The molecule has 1 amide bonds. The highest BCUT2D eigenvalue weighted by Crippen LogP contribution is 2.37. The molecule has 1 aromatic carbocycles. The van der Waals surface area contributed by atoms with Crippen molar-refractivity contribution in [3.05, 3.63) is 35.4 Å². The Morgan fingerprint density at radius 1 is 1.29 bits per heavy atom. The van der Waals surface area contributed by atoms with E-state index in [2.05, 4.69) is 11.4 Å². The number of hydrogen-bond acceptors (Lipinski definition) is 3. The van der Waals surface area contributed by atoms with E-state index in [0.717, 1.165) is 50.9 Å². The molecule has 110 valence electrons. The van der Waals surface area contributed by atoms with Crippen LogP contribution < -0.4 is 5.32 Å². The Kier molecular flexibility index (Phi) is 3.94. The van der Waals surface area contributed by atoms with Crippen molar-refractivity contribution in [2.75, 3.05) is 19.6 Å². The van der Waals surface area contributed by atoms with E-state index in [-0.39, 0.29) is 11.3 Å². The minimum Gasteiger partial charge on any atom is -0.338 e. The molecule has 2 fully saturated rings. The first-order valence-electron chi connectivity index (χ1n) is 7.73. The Morgan fingerprint density at radius 3 is 2.86 bits per heavy atom. The van der Waals surface area contributed by atoms with E-state index in [0.29, 0.717) is 12.1 Å². The summed E-state index contributed by atoms with van der Waals surface area (Å²) in [4.78, 5) is 14.9. The number of rotatable bonds is 2. The first-order valence-corrected chi connectivity index (χ1v) is 7.73. The van der Waals surface area contributed by atoms with Crippen LogP contribution in [0.15, 0.2) is 24.3 Å². The summed E-state index contributed by atoms with van der Waals surface area (Å²) < 4.78 is 0. The Hall–Kier alpha value is -1.86. The second kappa shape index (κ2) is 5.87. The number of piperidine rings is 2. The molecule has 2 saturated heterocycles. The number of benzene rings is 1. The lowest BCUT2D eigenvalue weighted by Gasteiger charge is -2.44. The van der Waals surface area contributed by atoms with Crippen molar-refractivity contribution < 1.29 is 4.79 Å². The van der Waals surface area contributed by atoms with Crippen LogP contribution in [0.25, 0.3) is 0 Å². The molecule has 1 unspecified atom stereocenters. The fourth-order valence-electron chi connectivity index (χ4n) is 3.64. The van der Waals surface area contributed by atoms with Crippen LogP contribution in [0.4, 0.5) is 0 Å². The molecule has 1 aromatic rings. The van der Waals surface area contributed by atoms with Gasteiger partial charge in [-0.25, -0.2) is 0 Å². The van der Waals surface area contributed by atoms with Crippen LogP contribution >= 0.6 is 0 Å². The fourth-order valence-corrected chi connectivity index (χ4v) is 3.64. The lowest BCUT2D eigenvalue weighted by Crippen LogP contribution is -2.54. The van der Waals surface area contributed by atoms with Gasteiger partial charge >= 0.3 is 0 Å². The first-order chi connectivity index (χ1) is 10.2. The molecule has 3 rings (SSSR count). The average Bonchev–Trinajstić information content (AvgIpc) is 2.53. The third-order valence-corrected chi connectivity index (χ3v) is 4.80. The van der Waals surface area contributed by atoms with Crippen LogP contribution in [-0.4, -0.2) is 30.4 Å². The molecular weight excluding hydrogens is 262 g/mol. The van der Waals surface area contributed by atoms with Gasteiger partial charge in [0.15, 0.2) is 0 Å². The second-order valence-corrected chi connectivity index (χ2v) is 6.16. The third kappa shape index (κ3) is 2.66. The summed E-state index contributed by atoms with van der Waals surface area (Å²) in [7, 11) is 0. The minimum atomic E-state index is -0.196. The standard InChI is InChI=1S/C17H21N3O/c18-11-14-5-1-2-6-15(14)12-20-10-4-8-17(16(20)21)7-3-9-19-13-17/h1-2,5-6,19H,3-4,7-10,12-13H2. The normalized spacial score (nSPS) is 25.9. The molecule has 0 bridgehead atoms. The number of carbonyl (C=O) groups is 1. The lowest BCUT2D eigenvalue weighted by molar-refractivity contribution is -0.148. The number of carbonyl (C=O) groups excluding carboxylic acids is 1. The number of amides is 1. The van der Waals surface area contributed by atoms with Gasteiger partial charge in [0, 0.05) is 19.6 Å². The number of hydrogen-bond donors (Lipinski definition) is 1. The van der Waals surface area contributed by atoms with Crippen molar-refractivity contribution >= 4 is 5.91 Å². The molecule has 4 heteroatoms. The second-order valence-electron chi connectivity index (χ2n) is 6.16. The molecule has 1 N–H and O–H groups in total. The molecule has 0 saturated carbocycles. The first kappa shape index (κ1) is 14.1. The van der Waals surface area contributed by atoms with Gasteiger partial charge in [0.2, 0.25) is 5.91 Å². The molecule has 0 aliphatic carbocycles. The largest absolute Gasteiger partial charge is 0.338 e. The van der Waals surface area contributed by atoms with Crippen molar-refractivity contribution in [1.29, 1.82) is 5.26 Å². The van der Waals surface area contributed by atoms with E-state index >= 15 is 0 Å². The molecule has 1 spiro atoms. The molecule has 0 radical (unpaired) electrons. The molecular formula is C17H21N3O. The molecule has 21 heavy (non-hydrogen) atoms. The SMILES string of the molecule is N#Cc1ccccc1CN1CCCC2(CCCNC2)C1=O. The lowest BCUT2D eigenvalue weighted by atomic mass is 9.73. The van der Waals surface area contributed by atoms with Crippen molar-refractivity contribution in [2.24, 2.45) is 5.41 Å². The van der Waals surface area contributed by atoms with Gasteiger partial charge < -0.3 is 10.2 Å². The zero-order valence-corrected chi connectivity index (χ0v) is 12.3. The molecule has 2 aliphatic heterocycles. The zero-order chi connectivity index (χ0) is 14.7. The van der Waals surface area contributed by atoms with Crippen LogP contribution in [0.3, 0.4) is 0 Å². The fraction of sp³-hybridized carbons (Fsp3) is 0.529. The van der Waals surface area contributed by atoms with Gasteiger partial charge in [-0.15, -0.1) is 0 Å². The van der Waals surface area contributed by atoms with Gasteiger partial charge in [-0.1, -0.05) is 18.2 Å². The van der Waals surface area contributed by atoms with Gasteiger partial charge in [0.1, 0.15) is 0 Å². The number of nitrogens with one attached hydrogen (secondary N) is 1. The summed E-state index contributed by atoms with van der Waals surface area (Å²) in [6, 6.07) is 9.79. The van der Waals surface area contributed by atoms with Gasteiger partial charge in [-0.2, -0.15) is 5.26 Å². The minimum absolute atomic E-state index is 0.196. The predicted molar refractivity (Wildman–Crippen MR) is 80.3 cm³/mol. The average molecular weight is 283 g/mol. The highest BCUT2D eigenvalue weighted by molar-refractivity contribution is 5.84. The van der Waals surface area contributed by atoms with Gasteiger partial charge in [-0.05, 0) is 43.9 Å². The summed E-state index contributed by atoms with van der Waals surface area (Å²) in [6.07, 6.45) is 4.13. The maximum Gasteiger partial charge on any atom is 0.230 e. The number of nitriles is 1. The van der Waals surface area contributed by atoms with E-state index in [1.807, 2.05) is 29.2 Å². The van der Waals surface area contributed by atoms with Crippen molar-refractivity contribution in [1.82, 2.24) is 10.2 Å². The smallest absolute Gasteiger partial charge is 0.230 e. The predicted octanol–water partition coefficient (Wildman–Crippen LogP) is 2.05. The summed E-state index contributed by atoms with van der Waals surface area (Å²) >= 11 is 0. The Labute approximate surface area is 125 Å². The van der Waals surface area contributed by atoms with Crippen LogP contribution in [0.5, 0.6) is 0 Å². The van der Waals surface area contributed by atoms with Gasteiger partial charge in [-0.3, -0.25) is 4.79 Å².